The second kappa shape index (κ2) is 8.39. The molecule has 0 unspecified atom stereocenters. The van der Waals surface area contributed by atoms with Gasteiger partial charge in [-0.25, -0.2) is 4.98 Å². The number of nitrogens with one attached hydrogen (secondary N) is 1. The van der Waals surface area contributed by atoms with Gasteiger partial charge in [-0.3, -0.25) is 5.43 Å². The van der Waals surface area contributed by atoms with Gasteiger partial charge in [-0.15, -0.1) is 0 Å². The van der Waals surface area contributed by atoms with Crippen LogP contribution in [0.25, 0.3) is 10.9 Å². The number of benzene rings is 3. The van der Waals surface area contributed by atoms with Crippen LogP contribution >= 0.6 is 23.2 Å². The lowest BCUT2D eigenvalue weighted by molar-refractivity contribution is 0.480. The summed E-state index contributed by atoms with van der Waals surface area (Å²) in [5.41, 5.74) is 4.00. The molecule has 7 heteroatoms. The Labute approximate surface area is 177 Å². The molecule has 0 saturated heterocycles. The van der Waals surface area contributed by atoms with E-state index in [0.29, 0.717) is 27.5 Å². The van der Waals surface area contributed by atoms with Crippen molar-refractivity contribution in [3.05, 3.63) is 88.4 Å². The molecule has 0 radical (unpaired) electrons. The molecule has 0 bridgehead atoms. The summed E-state index contributed by atoms with van der Waals surface area (Å²) in [6, 6.07) is 22.0. The van der Waals surface area contributed by atoms with Crippen LogP contribution in [0.3, 0.4) is 0 Å². The molecule has 0 aliphatic heterocycles. The summed E-state index contributed by atoms with van der Waals surface area (Å²) in [6.45, 7) is 0. The fourth-order valence-corrected chi connectivity index (χ4v) is 3.24. The SMILES string of the molecule is Oc1c(Cl)cc(Cl)c2ccc(NN=Cc3cccc(Oc4ccccc4)c3)nc12. The molecule has 0 saturated carbocycles. The van der Waals surface area contributed by atoms with Crippen molar-refractivity contribution in [2.24, 2.45) is 5.10 Å². The van der Waals surface area contributed by atoms with Gasteiger partial charge in [0.25, 0.3) is 0 Å². The molecule has 3 aromatic carbocycles. The van der Waals surface area contributed by atoms with Crippen LogP contribution in [-0.4, -0.2) is 16.3 Å². The van der Waals surface area contributed by atoms with E-state index in [9.17, 15) is 5.11 Å². The van der Waals surface area contributed by atoms with Crippen LogP contribution in [0.2, 0.25) is 10.0 Å². The highest BCUT2D eigenvalue weighted by atomic mass is 35.5. The van der Waals surface area contributed by atoms with Crippen molar-refractivity contribution in [1.29, 1.82) is 0 Å². The number of nitrogens with zero attached hydrogens (tertiary/aromatic N) is 2. The Morgan fingerprint density at radius 3 is 2.52 bits per heavy atom. The minimum Gasteiger partial charge on any atom is -0.504 e. The lowest BCUT2D eigenvalue weighted by atomic mass is 10.2. The van der Waals surface area contributed by atoms with Gasteiger partial charge in [0.1, 0.15) is 22.8 Å². The number of phenolic OH excluding ortho intramolecular Hbond substituents is 1. The standard InChI is InChI=1S/C22H15Cl2N3O2/c23-18-12-19(24)22(28)21-17(18)9-10-20(26-21)27-25-13-14-5-4-8-16(11-14)29-15-6-2-1-3-7-15/h1-13,28H,(H,26,27). The van der Waals surface area contributed by atoms with Gasteiger partial charge in [0.05, 0.1) is 16.3 Å². The minimum absolute atomic E-state index is 0.121. The number of fused-ring (bicyclic) bond motifs is 1. The van der Waals surface area contributed by atoms with Gasteiger partial charge in [0.2, 0.25) is 0 Å². The third-order valence-electron chi connectivity index (χ3n) is 4.09. The van der Waals surface area contributed by atoms with Crippen molar-refractivity contribution in [2.45, 2.75) is 0 Å². The lowest BCUT2D eigenvalue weighted by Gasteiger charge is -2.07. The first-order chi connectivity index (χ1) is 14.1. The molecule has 1 aromatic heterocycles. The highest BCUT2D eigenvalue weighted by molar-refractivity contribution is 6.39. The van der Waals surface area contributed by atoms with Crippen LogP contribution in [-0.2, 0) is 0 Å². The van der Waals surface area contributed by atoms with E-state index in [4.69, 9.17) is 27.9 Å². The molecule has 29 heavy (non-hydrogen) atoms. The van der Waals surface area contributed by atoms with Gasteiger partial charge in [-0.2, -0.15) is 5.10 Å². The van der Waals surface area contributed by atoms with Crippen LogP contribution in [0.1, 0.15) is 5.56 Å². The number of rotatable bonds is 5. The second-order valence-electron chi connectivity index (χ2n) is 6.14. The summed E-state index contributed by atoms with van der Waals surface area (Å²) in [6.07, 6.45) is 1.65. The Kier molecular flexibility index (Phi) is 5.51. The van der Waals surface area contributed by atoms with Gasteiger partial charge in [-0.1, -0.05) is 53.5 Å². The van der Waals surface area contributed by atoms with Crippen molar-refractivity contribution in [3.8, 4) is 17.2 Å². The normalized spacial score (nSPS) is 11.1. The molecule has 2 N–H and O–H groups in total. The molecule has 0 spiro atoms. The molecular formula is C22H15Cl2N3O2. The number of phenols is 1. The predicted molar refractivity (Wildman–Crippen MR) is 118 cm³/mol. The number of para-hydroxylation sites is 1. The lowest BCUT2D eigenvalue weighted by Crippen LogP contribution is -1.95. The van der Waals surface area contributed by atoms with Gasteiger partial charge in [0.15, 0.2) is 5.75 Å². The number of aromatic hydroxyl groups is 1. The molecule has 0 fully saturated rings. The fraction of sp³-hybridized carbons (Fsp3) is 0. The largest absolute Gasteiger partial charge is 0.504 e. The summed E-state index contributed by atoms with van der Waals surface area (Å²) >= 11 is 12.1. The first-order valence-electron chi connectivity index (χ1n) is 8.70. The van der Waals surface area contributed by atoms with Crippen LogP contribution in [0.15, 0.2) is 77.9 Å². The van der Waals surface area contributed by atoms with Crippen molar-refractivity contribution < 1.29 is 9.84 Å². The number of pyridine rings is 1. The third kappa shape index (κ3) is 4.42. The van der Waals surface area contributed by atoms with Crippen LogP contribution in [0, 0.1) is 0 Å². The Hall–Kier alpha value is -3.28. The fourth-order valence-electron chi connectivity index (χ4n) is 2.72. The minimum atomic E-state index is -0.121. The Balaban J connectivity index is 1.50. The van der Waals surface area contributed by atoms with E-state index in [-0.39, 0.29) is 10.8 Å². The van der Waals surface area contributed by atoms with E-state index in [2.05, 4.69) is 15.5 Å². The molecule has 0 aliphatic carbocycles. The summed E-state index contributed by atoms with van der Waals surface area (Å²) in [4.78, 5) is 4.33. The van der Waals surface area contributed by atoms with E-state index in [1.165, 1.54) is 6.07 Å². The molecule has 1 heterocycles. The average molecular weight is 424 g/mol. The predicted octanol–water partition coefficient (Wildman–Crippen LogP) is 6.49. The third-order valence-corrected chi connectivity index (χ3v) is 4.69. The number of hydrazone groups is 1. The average Bonchev–Trinajstić information content (AvgIpc) is 2.73. The van der Waals surface area contributed by atoms with Gasteiger partial charge in [0, 0.05) is 5.39 Å². The van der Waals surface area contributed by atoms with Crippen LogP contribution in [0.4, 0.5) is 5.82 Å². The van der Waals surface area contributed by atoms with Crippen molar-refractivity contribution in [2.75, 3.05) is 5.43 Å². The van der Waals surface area contributed by atoms with Crippen molar-refractivity contribution in [3.63, 3.8) is 0 Å². The monoisotopic (exact) mass is 423 g/mol. The van der Waals surface area contributed by atoms with Crippen LogP contribution < -0.4 is 10.2 Å². The van der Waals surface area contributed by atoms with E-state index in [1.54, 1.807) is 18.3 Å². The molecule has 0 atom stereocenters. The highest BCUT2D eigenvalue weighted by Crippen LogP contribution is 2.36. The smallest absolute Gasteiger partial charge is 0.160 e. The zero-order chi connectivity index (χ0) is 20.2. The Morgan fingerprint density at radius 2 is 1.69 bits per heavy atom. The maximum atomic E-state index is 10.1. The van der Waals surface area contributed by atoms with Crippen LogP contribution in [0.5, 0.6) is 17.2 Å². The molecule has 144 valence electrons. The zero-order valence-electron chi connectivity index (χ0n) is 15.0. The summed E-state index contributed by atoms with van der Waals surface area (Å²) in [5, 5.41) is 15.5. The number of halogens is 2. The topological polar surface area (TPSA) is 66.7 Å². The molecule has 4 aromatic rings. The Morgan fingerprint density at radius 1 is 0.897 bits per heavy atom. The van der Waals surface area contributed by atoms with Gasteiger partial charge >= 0.3 is 0 Å². The summed E-state index contributed by atoms with van der Waals surface area (Å²) < 4.78 is 5.82. The number of aromatic nitrogens is 1. The molecule has 0 aliphatic rings. The summed E-state index contributed by atoms with van der Waals surface area (Å²) in [7, 11) is 0. The van der Waals surface area contributed by atoms with E-state index < -0.39 is 0 Å². The Bertz CT molecular complexity index is 1200. The quantitative estimate of drug-likeness (QED) is 0.284. The van der Waals surface area contributed by atoms with Gasteiger partial charge in [-0.05, 0) is 48.0 Å². The van der Waals surface area contributed by atoms with E-state index in [1.807, 2.05) is 54.6 Å². The molecule has 0 amide bonds. The van der Waals surface area contributed by atoms with E-state index in [0.717, 1.165) is 11.3 Å². The number of ether oxygens (including phenoxy) is 1. The zero-order valence-corrected chi connectivity index (χ0v) is 16.5. The number of anilines is 1. The summed E-state index contributed by atoms with van der Waals surface area (Å²) in [5.74, 6) is 1.79. The van der Waals surface area contributed by atoms with Crippen molar-refractivity contribution in [1.82, 2.24) is 4.98 Å². The first kappa shape index (κ1) is 19.1. The maximum Gasteiger partial charge on any atom is 0.160 e. The highest BCUT2D eigenvalue weighted by Gasteiger charge is 2.11. The maximum absolute atomic E-state index is 10.1. The number of hydrogen-bond donors (Lipinski definition) is 2. The molecular weight excluding hydrogens is 409 g/mol. The molecule has 5 nitrogen and oxygen atoms in total. The first-order valence-corrected chi connectivity index (χ1v) is 9.45. The van der Waals surface area contributed by atoms with E-state index >= 15 is 0 Å². The van der Waals surface area contributed by atoms with Crippen molar-refractivity contribution >= 4 is 46.1 Å². The molecule has 4 rings (SSSR count). The van der Waals surface area contributed by atoms with Gasteiger partial charge < -0.3 is 9.84 Å². The number of hydrogen-bond acceptors (Lipinski definition) is 5. The second-order valence-corrected chi connectivity index (χ2v) is 6.95.